The Morgan fingerprint density at radius 3 is 2.84 bits per heavy atom. The van der Waals surface area contributed by atoms with Gasteiger partial charge in [0.2, 0.25) is 0 Å². The second-order valence-corrected chi connectivity index (χ2v) is 4.49. The van der Waals surface area contributed by atoms with E-state index < -0.39 is 0 Å². The van der Waals surface area contributed by atoms with E-state index in [2.05, 4.69) is 5.32 Å². The molecular weight excluding hydrogens is 245 g/mol. The molecule has 0 aliphatic rings. The minimum atomic E-state index is -0.326. The minimum absolute atomic E-state index is 0.324. The average molecular weight is 267 g/mol. The van der Waals surface area contributed by atoms with E-state index in [9.17, 15) is 4.39 Å². The van der Waals surface area contributed by atoms with Crippen molar-refractivity contribution >= 4 is 0 Å². The van der Waals surface area contributed by atoms with Gasteiger partial charge in [-0.1, -0.05) is 17.7 Å². The van der Waals surface area contributed by atoms with Gasteiger partial charge in [0.15, 0.2) is 11.6 Å². The Hall–Kier alpha value is -1.39. The molecule has 0 aromatic heterocycles. The smallest absolute Gasteiger partial charge is 0.165 e. The summed E-state index contributed by atoms with van der Waals surface area (Å²) in [5.74, 6) is -0.00175. The maximum atomic E-state index is 13.8. The van der Waals surface area contributed by atoms with Crippen molar-refractivity contribution in [3.63, 3.8) is 0 Å². The number of ether oxygens (including phenoxy) is 2. The van der Waals surface area contributed by atoms with Crippen LogP contribution < -0.4 is 10.1 Å². The molecule has 0 radical (unpaired) electrons. The quantitative estimate of drug-likeness (QED) is 0.580. The Labute approximate surface area is 114 Å². The monoisotopic (exact) mass is 267 g/mol. The normalized spacial score (nSPS) is 10.3. The fourth-order valence-electron chi connectivity index (χ4n) is 1.54. The number of rotatable bonds is 8. The lowest BCUT2D eigenvalue weighted by Gasteiger charge is -2.12. The standard InChI is InChI=1S/C15H22FNO2/c1-12(2)7-9-19-15-13(5-4-6-14(15)16)11-17-8-10-18-3/h4-7,17H,8-11H2,1-3H3. The number of hydrogen-bond acceptors (Lipinski definition) is 3. The molecule has 106 valence electrons. The Balaban J connectivity index is 2.63. The van der Waals surface area contributed by atoms with E-state index in [1.807, 2.05) is 26.0 Å². The molecule has 1 N–H and O–H groups in total. The predicted octanol–water partition coefficient (Wildman–Crippen LogP) is 2.91. The third-order valence-electron chi connectivity index (χ3n) is 2.57. The second kappa shape index (κ2) is 8.67. The SMILES string of the molecule is COCCNCc1cccc(F)c1OCC=C(C)C. The van der Waals surface area contributed by atoms with Crippen LogP contribution in [0.3, 0.4) is 0 Å². The van der Waals surface area contributed by atoms with Crippen molar-refractivity contribution in [3.8, 4) is 5.75 Å². The Bertz CT molecular complexity index is 415. The number of para-hydroxylation sites is 1. The van der Waals surface area contributed by atoms with Gasteiger partial charge in [0.1, 0.15) is 6.61 Å². The maximum Gasteiger partial charge on any atom is 0.165 e. The molecule has 0 bridgehead atoms. The van der Waals surface area contributed by atoms with Crippen LogP contribution in [0.15, 0.2) is 29.8 Å². The molecule has 19 heavy (non-hydrogen) atoms. The number of hydrogen-bond donors (Lipinski definition) is 1. The molecule has 0 spiro atoms. The van der Waals surface area contributed by atoms with Crippen LogP contribution in [-0.4, -0.2) is 26.9 Å². The molecule has 1 aromatic carbocycles. The van der Waals surface area contributed by atoms with Crippen molar-refractivity contribution < 1.29 is 13.9 Å². The van der Waals surface area contributed by atoms with Gasteiger partial charge in [-0.2, -0.15) is 0 Å². The summed E-state index contributed by atoms with van der Waals surface area (Å²) in [4.78, 5) is 0. The Morgan fingerprint density at radius 2 is 2.16 bits per heavy atom. The largest absolute Gasteiger partial charge is 0.486 e. The van der Waals surface area contributed by atoms with Gasteiger partial charge in [0, 0.05) is 25.8 Å². The van der Waals surface area contributed by atoms with Crippen LogP contribution in [0.1, 0.15) is 19.4 Å². The van der Waals surface area contributed by atoms with E-state index in [-0.39, 0.29) is 5.82 Å². The summed E-state index contributed by atoms with van der Waals surface area (Å²) < 4.78 is 24.2. The summed E-state index contributed by atoms with van der Waals surface area (Å²) >= 11 is 0. The zero-order valence-corrected chi connectivity index (χ0v) is 11.8. The molecule has 0 fully saturated rings. The highest BCUT2D eigenvalue weighted by atomic mass is 19.1. The Kier molecular flexibility index (Phi) is 7.15. The van der Waals surface area contributed by atoms with Crippen LogP contribution in [0, 0.1) is 5.82 Å². The zero-order valence-electron chi connectivity index (χ0n) is 11.8. The lowest BCUT2D eigenvalue weighted by Crippen LogP contribution is -2.19. The fourth-order valence-corrected chi connectivity index (χ4v) is 1.54. The maximum absolute atomic E-state index is 13.8. The first-order valence-corrected chi connectivity index (χ1v) is 6.38. The zero-order chi connectivity index (χ0) is 14.1. The lowest BCUT2D eigenvalue weighted by atomic mass is 10.2. The molecular formula is C15H22FNO2. The molecule has 0 saturated carbocycles. The molecule has 1 aromatic rings. The van der Waals surface area contributed by atoms with Crippen LogP contribution in [0.2, 0.25) is 0 Å². The third kappa shape index (κ3) is 5.85. The van der Waals surface area contributed by atoms with Crippen molar-refractivity contribution in [3.05, 3.63) is 41.2 Å². The Morgan fingerprint density at radius 1 is 1.37 bits per heavy atom. The summed E-state index contributed by atoms with van der Waals surface area (Å²) in [6, 6.07) is 4.97. The first-order valence-electron chi connectivity index (χ1n) is 6.38. The van der Waals surface area contributed by atoms with Gasteiger partial charge in [0.05, 0.1) is 6.61 Å². The van der Waals surface area contributed by atoms with E-state index in [0.717, 1.165) is 17.7 Å². The summed E-state index contributed by atoms with van der Waals surface area (Å²) in [5, 5.41) is 3.18. The number of nitrogens with one attached hydrogen (secondary N) is 1. The first kappa shape index (κ1) is 15.7. The highest BCUT2D eigenvalue weighted by Crippen LogP contribution is 2.22. The molecule has 0 unspecified atom stereocenters. The van der Waals surface area contributed by atoms with E-state index in [1.165, 1.54) is 6.07 Å². The van der Waals surface area contributed by atoms with Crippen molar-refractivity contribution in [1.29, 1.82) is 0 Å². The van der Waals surface area contributed by atoms with Crippen molar-refractivity contribution in [2.75, 3.05) is 26.9 Å². The molecule has 0 amide bonds. The highest BCUT2D eigenvalue weighted by Gasteiger charge is 2.08. The van der Waals surface area contributed by atoms with Crippen molar-refractivity contribution in [2.45, 2.75) is 20.4 Å². The lowest BCUT2D eigenvalue weighted by molar-refractivity contribution is 0.199. The van der Waals surface area contributed by atoms with E-state index >= 15 is 0 Å². The van der Waals surface area contributed by atoms with Gasteiger partial charge in [-0.15, -0.1) is 0 Å². The molecule has 3 nitrogen and oxygen atoms in total. The van der Waals surface area contributed by atoms with Gasteiger partial charge in [-0.05, 0) is 26.0 Å². The molecule has 0 atom stereocenters. The summed E-state index contributed by atoms with van der Waals surface area (Å²) in [5.41, 5.74) is 1.97. The summed E-state index contributed by atoms with van der Waals surface area (Å²) in [7, 11) is 1.65. The van der Waals surface area contributed by atoms with Gasteiger partial charge in [-0.25, -0.2) is 4.39 Å². The van der Waals surface area contributed by atoms with Gasteiger partial charge >= 0.3 is 0 Å². The number of methoxy groups -OCH3 is 1. The third-order valence-corrected chi connectivity index (χ3v) is 2.57. The topological polar surface area (TPSA) is 30.5 Å². The number of halogens is 1. The van der Waals surface area contributed by atoms with Crippen LogP contribution in [0.25, 0.3) is 0 Å². The molecule has 1 rings (SSSR count). The van der Waals surface area contributed by atoms with Crippen LogP contribution in [0.5, 0.6) is 5.75 Å². The predicted molar refractivity (Wildman–Crippen MR) is 74.9 cm³/mol. The van der Waals surface area contributed by atoms with Crippen molar-refractivity contribution in [2.24, 2.45) is 0 Å². The molecule has 0 saturated heterocycles. The van der Waals surface area contributed by atoms with Crippen LogP contribution in [0.4, 0.5) is 4.39 Å². The molecule has 0 aliphatic heterocycles. The average Bonchev–Trinajstić information content (AvgIpc) is 2.37. The summed E-state index contributed by atoms with van der Waals surface area (Å²) in [6.45, 7) is 6.26. The second-order valence-electron chi connectivity index (χ2n) is 4.49. The number of allylic oxidation sites excluding steroid dienone is 1. The van der Waals surface area contributed by atoms with E-state index in [0.29, 0.717) is 25.5 Å². The van der Waals surface area contributed by atoms with Gasteiger partial charge in [-0.3, -0.25) is 0 Å². The van der Waals surface area contributed by atoms with E-state index in [4.69, 9.17) is 9.47 Å². The molecule has 4 heteroatoms. The van der Waals surface area contributed by atoms with Gasteiger partial charge in [0.25, 0.3) is 0 Å². The first-order chi connectivity index (χ1) is 9.15. The molecule has 0 heterocycles. The number of benzene rings is 1. The van der Waals surface area contributed by atoms with Crippen LogP contribution >= 0.6 is 0 Å². The highest BCUT2D eigenvalue weighted by molar-refractivity contribution is 5.35. The fraction of sp³-hybridized carbons (Fsp3) is 0.467. The summed E-state index contributed by atoms with van der Waals surface area (Å²) in [6.07, 6.45) is 1.93. The van der Waals surface area contributed by atoms with Crippen LogP contribution in [-0.2, 0) is 11.3 Å². The van der Waals surface area contributed by atoms with Crippen molar-refractivity contribution in [1.82, 2.24) is 5.32 Å². The molecule has 0 aliphatic carbocycles. The van der Waals surface area contributed by atoms with Gasteiger partial charge < -0.3 is 14.8 Å². The minimum Gasteiger partial charge on any atom is -0.486 e. The van der Waals surface area contributed by atoms with E-state index in [1.54, 1.807) is 13.2 Å².